The van der Waals surface area contributed by atoms with Crippen molar-refractivity contribution in [2.45, 2.75) is 58.5 Å². The fraction of sp³-hybridized carbons (Fsp3) is 0.571. The number of hydrogen-bond donors (Lipinski definition) is 0. The Morgan fingerprint density at radius 3 is 2.03 bits per heavy atom. The van der Waals surface area contributed by atoms with Crippen LogP contribution >= 0.6 is 12.2 Å². The zero-order valence-corrected chi connectivity index (χ0v) is 24.7. The zero-order valence-electron chi connectivity index (χ0n) is 23.9. The Morgan fingerprint density at radius 2 is 1.59 bits per heavy atom. The van der Waals surface area contributed by atoms with E-state index in [1.165, 1.54) is 35.5 Å². The number of methoxy groups -OCH3 is 5. The lowest BCUT2D eigenvalue weighted by Crippen LogP contribution is -2.38. The molecule has 1 aliphatic carbocycles. The highest BCUT2D eigenvalue weighted by Crippen LogP contribution is 2.58. The average molecular weight is 563 g/mol. The number of carbonyl (C=O) groups is 2. The molecule has 39 heavy (non-hydrogen) atoms. The Labute approximate surface area is 234 Å². The highest BCUT2D eigenvalue weighted by Gasteiger charge is 2.51. The smallest absolute Gasteiger partial charge is 0.345 e. The molecule has 1 fully saturated rings. The van der Waals surface area contributed by atoms with Crippen molar-refractivity contribution in [1.29, 1.82) is 0 Å². The van der Waals surface area contributed by atoms with Crippen molar-refractivity contribution in [2.24, 2.45) is 11.3 Å². The van der Waals surface area contributed by atoms with Gasteiger partial charge in [-0.25, -0.2) is 14.6 Å². The quantitative estimate of drug-likeness (QED) is 0.289. The molecular weight excluding hydrogens is 524 g/mol. The SMILES string of the molecule is COC(=O)c1c(OC)c(C(=O)OC)c(OC)c([C@@H](CC(C)C)[C@@]2(C)CCC[C@H]2OC(=S)n2ccnc2)c1OC. The summed E-state index contributed by atoms with van der Waals surface area (Å²) in [7, 11) is 6.81. The number of ether oxygens (including phenoxy) is 6. The number of carbonyl (C=O) groups excluding carboxylic acids is 2. The topological polar surface area (TPSA) is 107 Å². The fourth-order valence-corrected chi connectivity index (χ4v) is 5.94. The Bertz CT molecular complexity index is 1150. The van der Waals surface area contributed by atoms with E-state index in [-0.39, 0.29) is 46.3 Å². The van der Waals surface area contributed by atoms with Crippen molar-refractivity contribution in [2.75, 3.05) is 35.5 Å². The standard InChI is InChI=1S/C28H38N2O8S/c1-16(2)14-17(28(3)11-9-10-18(28)38-27(39)30-13-12-29-15-30)19-22(33-4)20(25(31)36-7)24(35-6)21(23(19)34-5)26(32)37-8/h12-13,15-18H,9-11,14H2,1-8H3/t17-,18-,28-/m1/s1. The van der Waals surface area contributed by atoms with Gasteiger partial charge in [0.25, 0.3) is 5.17 Å². The summed E-state index contributed by atoms with van der Waals surface area (Å²) in [5.74, 6) is -1.08. The maximum Gasteiger partial charge on any atom is 0.345 e. The Hall–Kier alpha value is -3.34. The molecule has 0 unspecified atom stereocenters. The van der Waals surface area contributed by atoms with E-state index in [4.69, 9.17) is 40.6 Å². The third-order valence-corrected chi connectivity index (χ3v) is 7.82. The minimum absolute atomic E-state index is 0.0135. The van der Waals surface area contributed by atoms with Crippen molar-refractivity contribution in [3.8, 4) is 17.2 Å². The number of imidazole rings is 1. The van der Waals surface area contributed by atoms with Gasteiger partial charge in [0.05, 0.1) is 35.5 Å². The number of rotatable bonds is 10. The van der Waals surface area contributed by atoms with Gasteiger partial charge in [-0.2, -0.15) is 0 Å². The van der Waals surface area contributed by atoms with Crippen LogP contribution in [0.1, 0.15) is 78.7 Å². The first-order chi connectivity index (χ1) is 18.6. The monoisotopic (exact) mass is 562 g/mol. The molecule has 10 nitrogen and oxygen atoms in total. The van der Waals surface area contributed by atoms with Crippen LogP contribution in [0.4, 0.5) is 0 Å². The normalized spacial score (nSPS) is 19.4. The maximum atomic E-state index is 13.1. The third-order valence-electron chi connectivity index (χ3n) is 7.52. The van der Waals surface area contributed by atoms with Crippen LogP contribution < -0.4 is 14.2 Å². The second-order valence-corrected chi connectivity index (χ2v) is 10.5. The van der Waals surface area contributed by atoms with Crippen LogP contribution in [-0.4, -0.2) is 68.3 Å². The molecule has 0 aliphatic heterocycles. The van der Waals surface area contributed by atoms with Crippen molar-refractivity contribution >= 4 is 29.3 Å². The molecule has 1 aromatic carbocycles. The van der Waals surface area contributed by atoms with Crippen LogP contribution in [0.25, 0.3) is 0 Å². The summed E-state index contributed by atoms with van der Waals surface area (Å²) in [6, 6.07) is 0. The average Bonchev–Trinajstić information content (AvgIpc) is 3.60. The second-order valence-electron chi connectivity index (χ2n) is 10.2. The number of nitrogens with zero attached hydrogens (tertiary/aromatic N) is 2. The zero-order chi connectivity index (χ0) is 28.9. The summed E-state index contributed by atoms with van der Waals surface area (Å²) in [5.41, 5.74) is 0.0490. The van der Waals surface area contributed by atoms with Crippen LogP contribution in [0, 0.1) is 11.3 Å². The number of aromatic nitrogens is 2. The summed E-state index contributed by atoms with van der Waals surface area (Å²) >= 11 is 5.59. The van der Waals surface area contributed by atoms with E-state index in [2.05, 4.69) is 25.8 Å². The third kappa shape index (κ3) is 5.68. The van der Waals surface area contributed by atoms with Gasteiger partial charge in [0.1, 0.15) is 35.1 Å². The predicted molar refractivity (Wildman–Crippen MR) is 148 cm³/mol. The fourth-order valence-electron chi connectivity index (χ4n) is 5.71. The van der Waals surface area contributed by atoms with Gasteiger partial charge in [0, 0.05) is 29.3 Å². The molecule has 0 saturated heterocycles. The molecule has 3 atom stereocenters. The van der Waals surface area contributed by atoms with Gasteiger partial charge < -0.3 is 28.4 Å². The number of hydrogen-bond acceptors (Lipinski definition) is 10. The predicted octanol–water partition coefficient (Wildman–Crippen LogP) is 5.02. The van der Waals surface area contributed by atoms with Crippen LogP contribution in [0.15, 0.2) is 18.7 Å². The Kier molecular flexibility index (Phi) is 9.82. The molecule has 214 valence electrons. The summed E-state index contributed by atoms with van der Waals surface area (Å²) < 4.78 is 35.7. The molecule has 3 rings (SSSR count). The van der Waals surface area contributed by atoms with Gasteiger partial charge in [-0.05, 0) is 43.8 Å². The number of esters is 2. The minimum Gasteiger partial charge on any atom is -0.495 e. The first-order valence-corrected chi connectivity index (χ1v) is 13.2. The molecule has 0 bridgehead atoms. The molecule has 1 heterocycles. The van der Waals surface area contributed by atoms with E-state index in [0.717, 1.165) is 19.3 Å². The molecule has 0 radical (unpaired) electrons. The largest absolute Gasteiger partial charge is 0.495 e. The van der Waals surface area contributed by atoms with Gasteiger partial charge in [-0.15, -0.1) is 0 Å². The Morgan fingerprint density at radius 1 is 1.03 bits per heavy atom. The molecule has 0 N–H and O–H groups in total. The van der Waals surface area contributed by atoms with E-state index in [1.54, 1.807) is 23.3 Å². The summed E-state index contributed by atoms with van der Waals surface area (Å²) in [5, 5.41) is 0.299. The highest BCUT2D eigenvalue weighted by atomic mass is 32.1. The van der Waals surface area contributed by atoms with E-state index < -0.39 is 17.4 Å². The minimum atomic E-state index is -0.716. The van der Waals surface area contributed by atoms with Crippen molar-refractivity contribution in [3.05, 3.63) is 35.4 Å². The van der Waals surface area contributed by atoms with E-state index in [1.807, 2.05) is 0 Å². The Balaban J connectivity index is 2.34. The molecule has 0 spiro atoms. The maximum absolute atomic E-state index is 13.1. The highest BCUT2D eigenvalue weighted by molar-refractivity contribution is 7.80. The molecule has 1 aliphatic rings. The molecule has 2 aromatic rings. The summed E-state index contributed by atoms with van der Waals surface area (Å²) in [6.45, 7) is 6.37. The van der Waals surface area contributed by atoms with E-state index in [9.17, 15) is 9.59 Å². The second kappa shape index (κ2) is 12.7. The first-order valence-electron chi connectivity index (χ1n) is 12.8. The van der Waals surface area contributed by atoms with Crippen molar-refractivity contribution in [1.82, 2.24) is 9.55 Å². The van der Waals surface area contributed by atoms with Crippen molar-refractivity contribution < 1.29 is 38.0 Å². The number of thiocarbonyl (C=S) groups is 1. The lowest BCUT2D eigenvalue weighted by Gasteiger charge is -2.41. The summed E-state index contributed by atoms with van der Waals surface area (Å²) in [6.07, 6.45) is 7.86. The molecule has 1 saturated carbocycles. The molecular formula is C28H38N2O8S. The van der Waals surface area contributed by atoms with Gasteiger partial charge in [0.15, 0.2) is 5.75 Å². The lowest BCUT2D eigenvalue weighted by atomic mass is 9.66. The van der Waals surface area contributed by atoms with Crippen LogP contribution in [0.3, 0.4) is 0 Å². The molecule has 0 amide bonds. The van der Waals surface area contributed by atoms with Gasteiger partial charge in [-0.1, -0.05) is 20.8 Å². The molecule has 1 aromatic heterocycles. The van der Waals surface area contributed by atoms with Gasteiger partial charge in [0.2, 0.25) is 0 Å². The van der Waals surface area contributed by atoms with Crippen LogP contribution in [0.5, 0.6) is 17.2 Å². The van der Waals surface area contributed by atoms with E-state index in [0.29, 0.717) is 17.2 Å². The van der Waals surface area contributed by atoms with Crippen LogP contribution in [0.2, 0.25) is 0 Å². The van der Waals surface area contributed by atoms with Crippen molar-refractivity contribution in [3.63, 3.8) is 0 Å². The number of benzene rings is 1. The summed E-state index contributed by atoms with van der Waals surface area (Å²) in [4.78, 5) is 30.4. The lowest BCUT2D eigenvalue weighted by molar-refractivity contribution is 0.0467. The molecule has 11 heteroatoms. The van der Waals surface area contributed by atoms with Gasteiger partial charge in [-0.3, -0.25) is 4.57 Å². The van der Waals surface area contributed by atoms with Crippen LogP contribution in [-0.2, 0) is 14.2 Å². The van der Waals surface area contributed by atoms with Gasteiger partial charge >= 0.3 is 11.9 Å². The van der Waals surface area contributed by atoms with E-state index >= 15 is 0 Å². The first kappa shape index (κ1) is 30.2.